The summed E-state index contributed by atoms with van der Waals surface area (Å²) in [6.07, 6.45) is 1.72. The van der Waals surface area contributed by atoms with Crippen molar-refractivity contribution in [3.05, 3.63) is 54.5 Å². The third-order valence-electron chi connectivity index (χ3n) is 4.22. The third kappa shape index (κ3) is 6.11. The molecule has 1 aromatic heterocycles. The molecule has 2 aromatic rings. The van der Waals surface area contributed by atoms with E-state index in [1.807, 2.05) is 42.5 Å². The number of rotatable bonds is 10. The number of ether oxygens (including phenoxy) is 1. The van der Waals surface area contributed by atoms with Crippen LogP contribution in [0.2, 0.25) is 0 Å². The maximum atomic E-state index is 5.69. The fraction of sp³-hybridized carbons (Fsp3) is 0.450. The molecule has 0 bridgehead atoms. The van der Waals surface area contributed by atoms with Gasteiger partial charge in [0.05, 0.1) is 18.8 Å². The summed E-state index contributed by atoms with van der Waals surface area (Å²) >= 11 is 0. The molecule has 0 spiro atoms. The van der Waals surface area contributed by atoms with Gasteiger partial charge < -0.3 is 19.8 Å². The van der Waals surface area contributed by atoms with E-state index in [4.69, 9.17) is 9.15 Å². The normalized spacial score (nSPS) is 12.8. The number of furan rings is 1. The molecule has 142 valence electrons. The molecule has 2 N–H and O–H groups in total. The van der Waals surface area contributed by atoms with Gasteiger partial charge in [-0.1, -0.05) is 32.0 Å². The number of guanidine groups is 1. The van der Waals surface area contributed by atoms with Crippen LogP contribution in [0.15, 0.2) is 58.1 Å². The molecular weight excluding hydrogens is 328 g/mol. The molecule has 0 radical (unpaired) electrons. The van der Waals surface area contributed by atoms with Crippen LogP contribution >= 0.6 is 0 Å². The van der Waals surface area contributed by atoms with Gasteiger partial charge >= 0.3 is 0 Å². The molecule has 1 heterocycles. The zero-order chi connectivity index (χ0) is 18.6. The lowest BCUT2D eigenvalue weighted by Crippen LogP contribution is -2.44. The van der Waals surface area contributed by atoms with E-state index in [2.05, 4.69) is 34.4 Å². The predicted molar refractivity (Wildman–Crippen MR) is 106 cm³/mol. The minimum atomic E-state index is 0.166. The number of nitrogens with zero attached hydrogens (tertiary/aromatic N) is 2. The minimum Gasteiger partial charge on any atom is -0.492 e. The summed E-state index contributed by atoms with van der Waals surface area (Å²) in [5, 5.41) is 6.67. The molecule has 0 saturated carbocycles. The van der Waals surface area contributed by atoms with Gasteiger partial charge in [-0.2, -0.15) is 0 Å². The summed E-state index contributed by atoms with van der Waals surface area (Å²) in [4.78, 5) is 6.65. The van der Waals surface area contributed by atoms with E-state index < -0.39 is 0 Å². The average Bonchev–Trinajstić information content (AvgIpc) is 3.21. The van der Waals surface area contributed by atoms with Crippen molar-refractivity contribution < 1.29 is 9.15 Å². The van der Waals surface area contributed by atoms with E-state index in [0.717, 1.165) is 30.6 Å². The number of aliphatic imine (C=N–C) groups is 1. The van der Waals surface area contributed by atoms with Crippen LogP contribution in [0, 0.1) is 0 Å². The summed E-state index contributed by atoms with van der Waals surface area (Å²) in [6.45, 7) is 8.20. The molecule has 1 aromatic carbocycles. The Bertz CT molecular complexity index is 625. The lowest BCUT2D eigenvalue weighted by molar-refractivity contribution is 0.193. The molecule has 0 amide bonds. The Labute approximate surface area is 156 Å². The average molecular weight is 358 g/mol. The Morgan fingerprint density at radius 3 is 2.50 bits per heavy atom. The Kier molecular flexibility index (Phi) is 8.55. The smallest absolute Gasteiger partial charge is 0.191 e. The molecule has 1 unspecified atom stereocenters. The second-order valence-electron chi connectivity index (χ2n) is 5.79. The predicted octanol–water partition coefficient (Wildman–Crippen LogP) is 2.91. The van der Waals surface area contributed by atoms with Gasteiger partial charge in [-0.05, 0) is 37.4 Å². The maximum Gasteiger partial charge on any atom is 0.191 e. The van der Waals surface area contributed by atoms with Crippen LogP contribution in [0.4, 0.5) is 0 Å². The standard InChI is InChI=1S/C20H30N4O2/c1-4-24(5-2)18(19-12-9-14-26-19)16-23-20(21-3)22-13-15-25-17-10-7-6-8-11-17/h6-12,14,18H,4-5,13,15-16H2,1-3H3,(H2,21,22,23). The molecule has 0 aliphatic rings. The van der Waals surface area contributed by atoms with E-state index in [1.165, 1.54) is 0 Å². The van der Waals surface area contributed by atoms with Crippen molar-refractivity contribution in [2.24, 2.45) is 4.99 Å². The number of nitrogens with one attached hydrogen (secondary N) is 2. The van der Waals surface area contributed by atoms with Crippen LogP contribution in [-0.2, 0) is 0 Å². The molecular formula is C20H30N4O2. The molecule has 0 saturated heterocycles. The molecule has 0 aliphatic carbocycles. The second-order valence-corrected chi connectivity index (χ2v) is 5.79. The number of para-hydroxylation sites is 1. The van der Waals surface area contributed by atoms with Gasteiger partial charge in [0.25, 0.3) is 0 Å². The van der Waals surface area contributed by atoms with Crippen molar-refractivity contribution in [3.63, 3.8) is 0 Å². The van der Waals surface area contributed by atoms with E-state index in [1.54, 1.807) is 13.3 Å². The van der Waals surface area contributed by atoms with Gasteiger partial charge in [0.1, 0.15) is 18.1 Å². The van der Waals surface area contributed by atoms with Crippen molar-refractivity contribution in [3.8, 4) is 5.75 Å². The highest BCUT2D eigenvalue weighted by Crippen LogP contribution is 2.20. The summed E-state index contributed by atoms with van der Waals surface area (Å²) in [5.41, 5.74) is 0. The van der Waals surface area contributed by atoms with Crippen molar-refractivity contribution in [1.29, 1.82) is 0 Å². The topological polar surface area (TPSA) is 62.0 Å². The fourth-order valence-electron chi connectivity index (χ4n) is 2.82. The number of benzene rings is 1. The zero-order valence-electron chi connectivity index (χ0n) is 15.9. The Hall–Kier alpha value is -2.47. The van der Waals surface area contributed by atoms with Gasteiger partial charge in [-0.25, -0.2) is 0 Å². The monoisotopic (exact) mass is 358 g/mol. The second kappa shape index (κ2) is 11.2. The fourth-order valence-corrected chi connectivity index (χ4v) is 2.82. The first-order valence-corrected chi connectivity index (χ1v) is 9.18. The number of hydrogen-bond donors (Lipinski definition) is 2. The molecule has 0 fully saturated rings. The van der Waals surface area contributed by atoms with E-state index in [-0.39, 0.29) is 6.04 Å². The van der Waals surface area contributed by atoms with Crippen LogP contribution < -0.4 is 15.4 Å². The number of likely N-dealkylation sites (N-methyl/N-ethyl adjacent to an activating group) is 1. The van der Waals surface area contributed by atoms with E-state index >= 15 is 0 Å². The summed E-state index contributed by atoms with van der Waals surface area (Å²) < 4.78 is 11.3. The Morgan fingerprint density at radius 1 is 1.12 bits per heavy atom. The highest BCUT2D eigenvalue weighted by Gasteiger charge is 2.20. The number of hydrogen-bond acceptors (Lipinski definition) is 4. The summed E-state index contributed by atoms with van der Waals surface area (Å²) in [5.74, 6) is 2.59. The van der Waals surface area contributed by atoms with Gasteiger partial charge in [0, 0.05) is 13.6 Å². The highest BCUT2D eigenvalue weighted by molar-refractivity contribution is 5.79. The van der Waals surface area contributed by atoms with Crippen molar-refractivity contribution in [1.82, 2.24) is 15.5 Å². The van der Waals surface area contributed by atoms with Gasteiger partial charge in [-0.3, -0.25) is 9.89 Å². The molecule has 6 heteroatoms. The molecule has 26 heavy (non-hydrogen) atoms. The van der Waals surface area contributed by atoms with Crippen molar-refractivity contribution in [2.75, 3.05) is 39.8 Å². The van der Waals surface area contributed by atoms with Gasteiger partial charge in [-0.15, -0.1) is 0 Å². The van der Waals surface area contributed by atoms with E-state index in [0.29, 0.717) is 19.7 Å². The first-order chi connectivity index (χ1) is 12.8. The van der Waals surface area contributed by atoms with Crippen LogP contribution in [0.1, 0.15) is 25.6 Å². The van der Waals surface area contributed by atoms with Crippen LogP contribution in [0.5, 0.6) is 5.75 Å². The molecule has 2 rings (SSSR count). The minimum absolute atomic E-state index is 0.166. The first kappa shape index (κ1) is 19.8. The highest BCUT2D eigenvalue weighted by atomic mass is 16.5. The molecule has 0 aliphatic heterocycles. The zero-order valence-corrected chi connectivity index (χ0v) is 15.9. The Balaban J connectivity index is 1.80. The lowest BCUT2D eigenvalue weighted by Gasteiger charge is -2.28. The summed E-state index contributed by atoms with van der Waals surface area (Å²) in [7, 11) is 1.77. The van der Waals surface area contributed by atoms with Gasteiger partial charge in [0.2, 0.25) is 0 Å². The van der Waals surface area contributed by atoms with E-state index in [9.17, 15) is 0 Å². The largest absolute Gasteiger partial charge is 0.492 e. The maximum absolute atomic E-state index is 5.69. The lowest BCUT2D eigenvalue weighted by atomic mass is 10.2. The van der Waals surface area contributed by atoms with Crippen LogP contribution in [-0.4, -0.2) is 50.7 Å². The van der Waals surface area contributed by atoms with Crippen molar-refractivity contribution in [2.45, 2.75) is 19.9 Å². The summed E-state index contributed by atoms with van der Waals surface area (Å²) in [6, 6.07) is 13.9. The van der Waals surface area contributed by atoms with Crippen LogP contribution in [0.25, 0.3) is 0 Å². The Morgan fingerprint density at radius 2 is 1.88 bits per heavy atom. The van der Waals surface area contributed by atoms with Gasteiger partial charge in [0.15, 0.2) is 5.96 Å². The van der Waals surface area contributed by atoms with Crippen molar-refractivity contribution >= 4 is 5.96 Å². The first-order valence-electron chi connectivity index (χ1n) is 9.18. The SMILES string of the molecule is CCN(CC)C(CNC(=NC)NCCOc1ccccc1)c1ccco1. The van der Waals surface area contributed by atoms with Crippen LogP contribution in [0.3, 0.4) is 0 Å². The molecule has 1 atom stereocenters. The third-order valence-corrected chi connectivity index (χ3v) is 4.22. The quantitative estimate of drug-likeness (QED) is 0.388. The molecule has 6 nitrogen and oxygen atoms in total.